The molecule has 1 heterocycles. The number of rotatable bonds is 6. The van der Waals surface area contributed by atoms with Crippen molar-refractivity contribution < 1.29 is 9.32 Å². The Balaban J connectivity index is 0.00000180. The zero-order valence-electron chi connectivity index (χ0n) is 11.1. The number of halogens is 1. The SMILES string of the molecule is CCCNC(=O)CCc1nc(C2(N)CCC2)no1.Cl. The predicted molar refractivity (Wildman–Crippen MR) is 72.9 cm³/mol. The van der Waals surface area contributed by atoms with E-state index in [9.17, 15) is 4.79 Å². The fraction of sp³-hybridized carbons (Fsp3) is 0.750. The molecule has 1 aromatic heterocycles. The average Bonchev–Trinajstić information content (AvgIpc) is 2.80. The third-order valence-electron chi connectivity index (χ3n) is 3.30. The van der Waals surface area contributed by atoms with Gasteiger partial charge in [0.05, 0.1) is 5.54 Å². The number of hydrogen-bond acceptors (Lipinski definition) is 5. The van der Waals surface area contributed by atoms with Crippen LogP contribution in [-0.4, -0.2) is 22.6 Å². The maximum Gasteiger partial charge on any atom is 0.227 e. The van der Waals surface area contributed by atoms with Gasteiger partial charge in [0.2, 0.25) is 11.8 Å². The highest BCUT2D eigenvalue weighted by Gasteiger charge is 2.38. The Morgan fingerprint density at radius 1 is 1.53 bits per heavy atom. The lowest BCUT2D eigenvalue weighted by atomic mass is 9.77. The van der Waals surface area contributed by atoms with E-state index >= 15 is 0 Å². The van der Waals surface area contributed by atoms with Crippen molar-refractivity contribution in [2.45, 2.75) is 51.0 Å². The summed E-state index contributed by atoms with van der Waals surface area (Å²) >= 11 is 0. The fourth-order valence-electron chi connectivity index (χ4n) is 1.91. The summed E-state index contributed by atoms with van der Waals surface area (Å²) in [4.78, 5) is 15.7. The van der Waals surface area contributed by atoms with Crippen molar-refractivity contribution in [3.63, 3.8) is 0 Å². The van der Waals surface area contributed by atoms with Crippen LogP contribution in [-0.2, 0) is 16.8 Å². The molecule has 19 heavy (non-hydrogen) atoms. The van der Waals surface area contributed by atoms with Crippen LogP contribution < -0.4 is 11.1 Å². The third kappa shape index (κ3) is 3.91. The van der Waals surface area contributed by atoms with Gasteiger partial charge in [-0.05, 0) is 25.7 Å². The van der Waals surface area contributed by atoms with Crippen molar-refractivity contribution in [3.05, 3.63) is 11.7 Å². The van der Waals surface area contributed by atoms with Crippen molar-refractivity contribution >= 4 is 18.3 Å². The lowest BCUT2D eigenvalue weighted by Gasteiger charge is -2.34. The molecule has 0 bridgehead atoms. The number of aryl methyl sites for hydroxylation is 1. The van der Waals surface area contributed by atoms with E-state index in [-0.39, 0.29) is 18.3 Å². The topological polar surface area (TPSA) is 94.0 Å². The molecule has 1 saturated carbocycles. The van der Waals surface area contributed by atoms with E-state index in [2.05, 4.69) is 15.5 Å². The average molecular weight is 289 g/mol. The summed E-state index contributed by atoms with van der Waals surface area (Å²) in [6.45, 7) is 2.73. The number of amides is 1. The van der Waals surface area contributed by atoms with Gasteiger partial charge in [-0.2, -0.15) is 4.98 Å². The highest BCUT2D eigenvalue weighted by Crippen LogP contribution is 2.36. The van der Waals surface area contributed by atoms with Gasteiger partial charge in [0.15, 0.2) is 5.82 Å². The molecule has 1 fully saturated rings. The Morgan fingerprint density at radius 2 is 2.26 bits per heavy atom. The van der Waals surface area contributed by atoms with E-state index in [0.717, 1.165) is 25.7 Å². The molecule has 0 aliphatic heterocycles. The standard InChI is InChI=1S/C12H20N4O2.ClH/c1-2-8-14-9(17)4-5-10-15-11(16-18-10)12(13)6-3-7-12;/h2-8,13H2,1H3,(H,14,17);1H. The van der Waals surface area contributed by atoms with Crippen molar-refractivity contribution in [1.29, 1.82) is 0 Å². The molecule has 0 aromatic carbocycles. The van der Waals surface area contributed by atoms with Gasteiger partial charge in [-0.3, -0.25) is 4.79 Å². The van der Waals surface area contributed by atoms with Gasteiger partial charge in [-0.15, -0.1) is 12.4 Å². The summed E-state index contributed by atoms with van der Waals surface area (Å²) in [5.41, 5.74) is 5.70. The molecule has 1 aliphatic rings. The zero-order valence-corrected chi connectivity index (χ0v) is 12.0. The molecule has 0 unspecified atom stereocenters. The van der Waals surface area contributed by atoms with Crippen LogP contribution in [0.2, 0.25) is 0 Å². The predicted octanol–water partition coefficient (Wildman–Crippen LogP) is 1.29. The first-order valence-corrected chi connectivity index (χ1v) is 6.53. The Hall–Kier alpha value is -1.14. The van der Waals surface area contributed by atoms with Crippen LogP contribution in [0.4, 0.5) is 0 Å². The lowest BCUT2D eigenvalue weighted by molar-refractivity contribution is -0.121. The van der Waals surface area contributed by atoms with Crippen LogP contribution in [0.15, 0.2) is 4.52 Å². The molecule has 108 valence electrons. The quantitative estimate of drug-likeness (QED) is 0.822. The molecule has 0 atom stereocenters. The van der Waals surface area contributed by atoms with Gasteiger partial charge in [0, 0.05) is 19.4 Å². The first-order valence-electron chi connectivity index (χ1n) is 6.53. The van der Waals surface area contributed by atoms with E-state index in [1.165, 1.54) is 0 Å². The highest BCUT2D eigenvalue weighted by atomic mass is 35.5. The minimum absolute atomic E-state index is 0. The number of nitrogens with two attached hydrogens (primary N) is 1. The molecular formula is C12H21ClN4O2. The largest absolute Gasteiger partial charge is 0.356 e. The third-order valence-corrected chi connectivity index (χ3v) is 3.30. The Kier molecular flexibility index (Phi) is 5.75. The minimum Gasteiger partial charge on any atom is -0.356 e. The molecular weight excluding hydrogens is 268 g/mol. The summed E-state index contributed by atoms with van der Waals surface area (Å²) in [6.07, 6.45) is 4.70. The Labute approximate surface area is 118 Å². The van der Waals surface area contributed by atoms with Gasteiger partial charge in [0.25, 0.3) is 0 Å². The van der Waals surface area contributed by atoms with Gasteiger partial charge >= 0.3 is 0 Å². The summed E-state index contributed by atoms with van der Waals surface area (Å²) in [5.74, 6) is 1.09. The first kappa shape index (κ1) is 15.9. The number of carbonyl (C=O) groups excluding carboxylic acids is 1. The molecule has 2 rings (SSSR count). The summed E-state index contributed by atoms with van der Waals surface area (Å²) in [6, 6.07) is 0. The maximum absolute atomic E-state index is 11.4. The monoisotopic (exact) mass is 288 g/mol. The van der Waals surface area contributed by atoms with E-state index in [4.69, 9.17) is 10.3 Å². The van der Waals surface area contributed by atoms with Crippen LogP contribution in [0, 0.1) is 0 Å². The normalized spacial score (nSPS) is 16.3. The van der Waals surface area contributed by atoms with Gasteiger partial charge < -0.3 is 15.6 Å². The van der Waals surface area contributed by atoms with Gasteiger partial charge in [-0.1, -0.05) is 12.1 Å². The van der Waals surface area contributed by atoms with Crippen LogP contribution >= 0.6 is 12.4 Å². The number of hydrogen-bond donors (Lipinski definition) is 2. The van der Waals surface area contributed by atoms with Crippen LogP contribution in [0.25, 0.3) is 0 Å². The van der Waals surface area contributed by atoms with Crippen LogP contribution in [0.5, 0.6) is 0 Å². The first-order chi connectivity index (χ1) is 8.64. The van der Waals surface area contributed by atoms with Crippen molar-refractivity contribution in [1.82, 2.24) is 15.5 Å². The van der Waals surface area contributed by atoms with Crippen LogP contribution in [0.3, 0.4) is 0 Å². The molecule has 1 aliphatic carbocycles. The second-order valence-corrected chi connectivity index (χ2v) is 4.87. The molecule has 1 amide bonds. The molecule has 3 N–H and O–H groups in total. The fourth-order valence-corrected chi connectivity index (χ4v) is 1.91. The van der Waals surface area contributed by atoms with Crippen LogP contribution in [0.1, 0.15) is 50.7 Å². The second-order valence-electron chi connectivity index (χ2n) is 4.87. The maximum atomic E-state index is 11.4. The smallest absolute Gasteiger partial charge is 0.227 e. The summed E-state index contributed by atoms with van der Waals surface area (Å²) in [5, 5.41) is 6.72. The number of nitrogens with zero attached hydrogens (tertiary/aromatic N) is 2. The van der Waals surface area contributed by atoms with Crippen molar-refractivity contribution in [2.24, 2.45) is 5.73 Å². The van der Waals surface area contributed by atoms with E-state index < -0.39 is 5.54 Å². The Bertz CT molecular complexity index is 418. The van der Waals surface area contributed by atoms with Crippen molar-refractivity contribution in [3.8, 4) is 0 Å². The van der Waals surface area contributed by atoms with E-state index in [1.54, 1.807) is 0 Å². The Morgan fingerprint density at radius 3 is 2.84 bits per heavy atom. The number of carbonyl (C=O) groups is 1. The molecule has 6 nitrogen and oxygen atoms in total. The van der Waals surface area contributed by atoms with E-state index in [0.29, 0.717) is 31.1 Å². The van der Waals surface area contributed by atoms with E-state index in [1.807, 2.05) is 6.92 Å². The number of nitrogens with one attached hydrogen (secondary N) is 1. The lowest BCUT2D eigenvalue weighted by Crippen LogP contribution is -2.44. The zero-order chi connectivity index (χ0) is 13.0. The highest BCUT2D eigenvalue weighted by molar-refractivity contribution is 5.85. The minimum atomic E-state index is -0.397. The van der Waals surface area contributed by atoms with Gasteiger partial charge in [0.1, 0.15) is 0 Å². The molecule has 1 aromatic rings. The second kappa shape index (κ2) is 6.86. The number of aromatic nitrogens is 2. The summed E-state index contributed by atoms with van der Waals surface area (Å²) in [7, 11) is 0. The molecule has 0 radical (unpaired) electrons. The molecule has 7 heteroatoms. The molecule has 0 spiro atoms. The van der Waals surface area contributed by atoms with Gasteiger partial charge in [-0.25, -0.2) is 0 Å². The van der Waals surface area contributed by atoms with Crippen molar-refractivity contribution in [2.75, 3.05) is 6.54 Å². The molecule has 0 saturated heterocycles. The summed E-state index contributed by atoms with van der Waals surface area (Å²) < 4.78 is 5.12.